The van der Waals surface area contributed by atoms with Gasteiger partial charge in [0.2, 0.25) is 0 Å². The SMILES string of the molecule is Cc1cc(N)nc(SCCc2ccc3c(c2)CCO3)n1. The summed E-state index contributed by atoms with van der Waals surface area (Å²) in [5, 5.41) is 0.756. The molecule has 20 heavy (non-hydrogen) atoms. The molecule has 1 aromatic carbocycles. The lowest BCUT2D eigenvalue weighted by Gasteiger charge is -2.05. The summed E-state index contributed by atoms with van der Waals surface area (Å²) in [5.41, 5.74) is 9.30. The molecule has 2 aromatic rings. The molecule has 3 rings (SSSR count). The van der Waals surface area contributed by atoms with Crippen LogP contribution in [0.4, 0.5) is 5.82 Å². The lowest BCUT2D eigenvalue weighted by molar-refractivity contribution is 0.357. The van der Waals surface area contributed by atoms with Crippen molar-refractivity contribution >= 4 is 17.6 Å². The van der Waals surface area contributed by atoms with Gasteiger partial charge in [-0.05, 0) is 30.5 Å². The number of benzene rings is 1. The Balaban J connectivity index is 1.59. The summed E-state index contributed by atoms with van der Waals surface area (Å²) in [6, 6.07) is 8.23. The van der Waals surface area contributed by atoms with Gasteiger partial charge in [0.15, 0.2) is 5.16 Å². The number of thioether (sulfide) groups is 1. The van der Waals surface area contributed by atoms with E-state index in [1.807, 2.05) is 6.92 Å². The third-order valence-corrected chi connectivity index (χ3v) is 4.08. The molecule has 0 aliphatic carbocycles. The van der Waals surface area contributed by atoms with Crippen LogP contribution in [0, 0.1) is 6.92 Å². The molecule has 5 heteroatoms. The maximum atomic E-state index is 5.73. The largest absolute Gasteiger partial charge is 0.493 e. The van der Waals surface area contributed by atoms with Crippen molar-refractivity contribution in [2.45, 2.75) is 24.9 Å². The highest BCUT2D eigenvalue weighted by atomic mass is 32.2. The first-order valence-corrected chi connectivity index (χ1v) is 7.68. The molecule has 1 aliphatic rings. The van der Waals surface area contributed by atoms with Crippen LogP contribution in [0.5, 0.6) is 5.75 Å². The lowest BCUT2D eigenvalue weighted by Crippen LogP contribution is -1.98. The van der Waals surface area contributed by atoms with E-state index in [4.69, 9.17) is 10.5 Å². The Labute approximate surface area is 122 Å². The summed E-state index contributed by atoms with van der Waals surface area (Å²) < 4.78 is 5.51. The summed E-state index contributed by atoms with van der Waals surface area (Å²) in [6.07, 6.45) is 2.02. The van der Waals surface area contributed by atoms with Crippen molar-refractivity contribution in [1.29, 1.82) is 0 Å². The number of aryl methyl sites for hydroxylation is 2. The van der Waals surface area contributed by atoms with Crippen molar-refractivity contribution in [2.24, 2.45) is 0 Å². The van der Waals surface area contributed by atoms with Crippen molar-refractivity contribution in [2.75, 3.05) is 18.1 Å². The molecule has 2 N–H and O–H groups in total. The molecule has 1 aliphatic heterocycles. The van der Waals surface area contributed by atoms with Crippen LogP contribution >= 0.6 is 11.8 Å². The number of aromatic nitrogens is 2. The van der Waals surface area contributed by atoms with E-state index in [0.717, 1.165) is 41.8 Å². The molecule has 0 saturated carbocycles. The van der Waals surface area contributed by atoms with Gasteiger partial charge in [0.05, 0.1) is 6.61 Å². The summed E-state index contributed by atoms with van der Waals surface area (Å²) >= 11 is 1.64. The highest BCUT2D eigenvalue weighted by molar-refractivity contribution is 7.99. The Kier molecular flexibility index (Phi) is 3.78. The second-order valence-corrected chi connectivity index (χ2v) is 5.92. The number of anilines is 1. The van der Waals surface area contributed by atoms with E-state index in [1.54, 1.807) is 17.8 Å². The summed E-state index contributed by atoms with van der Waals surface area (Å²) in [7, 11) is 0. The fourth-order valence-corrected chi connectivity index (χ4v) is 3.18. The van der Waals surface area contributed by atoms with Crippen LogP contribution in [0.3, 0.4) is 0 Å². The molecule has 4 nitrogen and oxygen atoms in total. The third kappa shape index (κ3) is 3.04. The quantitative estimate of drug-likeness (QED) is 0.692. The van der Waals surface area contributed by atoms with Gasteiger partial charge < -0.3 is 10.5 Å². The van der Waals surface area contributed by atoms with Gasteiger partial charge in [-0.3, -0.25) is 0 Å². The van der Waals surface area contributed by atoms with Crippen molar-refractivity contribution < 1.29 is 4.74 Å². The van der Waals surface area contributed by atoms with Crippen LogP contribution in [-0.2, 0) is 12.8 Å². The first kappa shape index (κ1) is 13.2. The number of hydrogen-bond donors (Lipinski definition) is 1. The normalized spacial score (nSPS) is 13.1. The first-order chi connectivity index (χ1) is 9.70. The Hall–Kier alpha value is -1.75. The van der Waals surface area contributed by atoms with Gasteiger partial charge in [0.1, 0.15) is 11.6 Å². The number of fused-ring (bicyclic) bond motifs is 1. The molecule has 0 bridgehead atoms. The van der Waals surface area contributed by atoms with E-state index in [2.05, 4.69) is 28.2 Å². The van der Waals surface area contributed by atoms with Crippen LogP contribution in [0.1, 0.15) is 16.8 Å². The topological polar surface area (TPSA) is 61.0 Å². The van der Waals surface area contributed by atoms with E-state index in [0.29, 0.717) is 5.82 Å². The van der Waals surface area contributed by atoms with Crippen LogP contribution < -0.4 is 10.5 Å². The average molecular weight is 287 g/mol. The highest BCUT2D eigenvalue weighted by Crippen LogP contribution is 2.26. The molecule has 0 unspecified atom stereocenters. The number of nitrogens with two attached hydrogens (primary N) is 1. The summed E-state index contributed by atoms with van der Waals surface area (Å²) in [6.45, 7) is 2.74. The van der Waals surface area contributed by atoms with Gasteiger partial charge in [0.25, 0.3) is 0 Å². The van der Waals surface area contributed by atoms with Crippen molar-refractivity contribution in [1.82, 2.24) is 9.97 Å². The zero-order valence-electron chi connectivity index (χ0n) is 11.4. The second kappa shape index (κ2) is 5.71. The van der Waals surface area contributed by atoms with Crippen LogP contribution in [0.15, 0.2) is 29.4 Å². The molecule has 0 saturated heterocycles. The van der Waals surface area contributed by atoms with Crippen LogP contribution in [0.2, 0.25) is 0 Å². The fraction of sp³-hybridized carbons (Fsp3) is 0.333. The number of nitrogens with zero attached hydrogens (tertiary/aromatic N) is 2. The minimum absolute atomic E-state index is 0.537. The zero-order valence-corrected chi connectivity index (χ0v) is 12.2. The van der Waals surface area contributed by atoms with Gasteiger partial charge in [-0.25, -0.2) is 9.97 Å². The third-order valence-electron chi connectivity index (χ3n) is 3.23. The van der Waals surface area contributed by atoms with Crippen molar-refractivity contribution in [3.05, 3.63) is 41.1 Å². The Morgan fingerprint density at radius 2 is 2.20 bits per heavy atom. The van der Waals surface area contributed by atoms with E-state index in [1.165, 1.54) is 11.1 Å². The van der Waals surface area contributed by atoms with E-state index in [-0.39, 0.29) is 0 Å². The monoisotopic (exact) mass is 287 g/mol. The molecule has 0 atom stereocenters. The number of hydrogen-bond acceptors (Lipinski definition) is 5. The molecule has 0 spiro atoms. The zero-order chi connectivity index (χ0) is 13.9. The fourth-order valence-electron chi connectivity index (χ4n) is 2.29. The van der Waals surface area contributed by atoms with Crippen LogP contribution in [0.25, 0.3) is 0 Å². The molecule has 0 fully saturated rings. The van der Waals surface area contributed by atoms with Gasteiger partial charge in [-0.2, -0.15) is 0 Å². The molecular formula is C15H17N3OS. The molecule has 1 aromatic heterocycles. The Morgan fingerprint density at radius 1 is 1.30 bits per heavy atom. The van der Waals surface area contributed by atoms with Crippen LogP contribution in [-0.4, -0.2) is 22.3 Å². The van der Waals surface area contributed by atoms with E-state index in [9.17, 15) is 0 Å². The number of rotatable bonds is 4. The molecule has 0 radical (unpaired) electrons. The maximum absolute atomic E-state index is 5.73. The Morgan fingerprint density at radius 3 is 3.05 bits per heavy atom. The smallest absolute Gasteiger partial charge is 0.189 e. The predicted octanol–water partition coefficient (Wildman–Crippen LogP) is 2.64. The molecular weight excluding hydrogens is 270 g/mol. The minimum Gasteiger partial charge on any atom is -0.493 e. The lowest BCUT2D eigenvalue weighted by atomic mass is 10.1. The molecule has 2 heterocycles. The average Bonchev–Trinajstić information content (AvgIpc) is 2.85. The summed E-state index contributed by atoms with van der Waals surface area (Å²) in [4.78, 5) is 8.61. The molecule has 104 valence electrons. The van der Waals surface area contributed by atoms with Gasteiger partial charge in [-0.15, -0.1) is 0 Å². The number of ether oxygens (including phenoxy) is 1. The van der Waals surface area contributed by atoms with E-state index >= 15 is 0 Å². The van der Waals surface area contributed by atoms with Gasteiger partial charge in [-0.1, -0.05) is 23.9 Å². The Bertz CT molecular complexity index is 610. The highest BCUT2D eigenvalue weighted by Gasteiger charge is 2.11. The van der Waals surface area contributed by atoms with Gasteiger partial charge >= 0.3 is 0 Å². The standard InChI is InChI=1S/C15H17N3OS/c1-10-8-14(16)18-15(17-10)20-7-5-11-2-3-13-12(9-11)4-6-19-13/h2-3,8-9H,4-7H2,1H3,(H2,16,17,18). The second-order valence-electron chi connectivity index (χ2n) is 4.86. The van der Waals surface area contributed by atoms with Gasteiger partial charge in [0, 0.05) is 23.9 Å². The molecule has 0 amide bonds. The predicted molar refractivity (Wildman–Crippen MR) is 81.3 cm³/mol. The van der Waals surface area contributed by atoms with Crippen molar-refractivity contribution in [3.8, 4) is 5.75 Å². The summed E-state index contributed by atoms with van der Waals surface area (Å²) in [5.74, 6) is 2.52. The maximum Gasteiger partial charge on any atom is 0.189 e. The van der Waals surface area contributed by atoms with E-state index < -0.39 is 0 Å². The first-order valence-electron chi connectivity index (χ1n) is 6.69. The minimum atomic E-state index is 0.537. The van der Waals surface area contributed by atoms with Crippen molar-refractivity contribution in [3.63, 3.8) is 0 Å². The number of nitrogen functional groups attached to an aromatic ring is 1.